The van der Waals surface area contributed by atoms with E-state index in [9.17, 15) is 14.4 Å². The van der Waals surface area contributed by atoms with E-state index in [-0.39, 0.29) is 31.1 Å². The third-order valence-corrected chi connectivity index (χ3v) is 5.44. The molecular formula is C25H20N2O6. The van der Waals surface area contributed by atoms with Gasteiger partial charge in [0, 0.05) is 11.6 Å². The molecule has 1 N–H and O–H groups in total. The lowest BCUT2D eigenvalue weighted by atomic mass is 10.1. The highest BCUT2D eigenvalue weighted by molar-refractivity contribution is 6.21. The van der Waals surface area contributed by atoms with Crippen LogP contribution in [-0.2, 0) is 6.54 Å². The fraction of sp³-hybridized carbons (Fsp3) is 0.160. The van der Waals surface area contributed by atoms with E-state index in [1.165, 1.54) is 4.90 Å². The first-order chi connectivity index (χ1) is 16.1. The molecule has 2 aliphatic rings. The van der Waals surface area contributed by atoms with Gasteiger partial charge in [0.15, 0.2) is 11.5 Å². The second-order valence-corrected chi connectivity index (χ2v) is 7.56. The normalized spacial score (nSPS) is 13.8. The van der Waals surface area contributed by atoms with Gasteiger partial charge < -0.3 is 19.5 Å². The highest BCUT2D eigenvalue weighted by Crippen LogP contribution is 2.35. The second-order valence-electron chi connectivity index (χ2n) is 7.56. The SMILES string of the molecule is O=C(NCCOc1ccc2c(c1)OCO2)c1ccc(CN2C(=O)c3ccccc3C2=O)cc1. The van der Waals surface area contributed by atoms with Gasteiger partial charge in [0.2, 0.25) is 6.79 Å². The number of hydrogen-bond acceptors (Lipinski definition) is 6. The van der Waals surface area contributed by atoms with Crippen LogP contribution < -0.4 is 19.5 Å². The van der Waals surface area contributed by atoms with E-state index < -0.39 is 0 Å². The van der Waals surface area contributed by atoms with Crippen molar-refractivity contribution in [3.8, 4) is 17.2 Å². The minimum Gasteiger partial charge on any atom is -0.492 e. The van der Waals surface area contributed by atoms with Crippen molar-refractivity contribution in [3.05, 3.63) is 89.0 Å². The summed E-state index contributed by atoms with van der Waals surface area (Å²) < 4.78 is 16.2. The number of nitrogens with zero attached hydrogens (tertiary/aromatic N) is 1. The average molecular weight is 444 g/mol. The highest BCUT2D eigenvalue weighted by Gasteiger charge is 2.34. The number of amides is 3. The number of carbonyl (C=O) groups is 3. The Morgan fingerprint density at radius 2 is 1.61 bits per heavy atom. The number of rotatable bonds is 7. The van der Waals surface area contributed by atoms with Crippen LogP contribution in [0.3, 0.4) is 0 Å². The number of fused-ring (bicyclic) bond motifs is 2. The van der Waals surface area contributed by atoms with Gasteiger partial charge >= 0.3 is 0 Å². The lowest BCUT2D eigenvalue weighted by Gasteiger charge is -2.14. The monoisotopic (exact) mass is 444 g/mol. The van der Waals surface area contributed by atoms with E-state index >= 15 is 0 Å². The van der Waals surface area contributed by atoms with Gasteiger partial charge in [-0.2, -0.15) is 0 Å². The van der Waals surface area contributed by atoms with Crippen molar-refractivity contribution >= 4 is 17.7 Å². The van der Waals surface area contributed by atoms with Gasteiger partial charge in [-0.05, 0) is 42.0 Å². The summed E-state index contributed by atoms with van der Waals surface area (Å²) >= 11 is 0. The van der Waals surface area contributed by atoms with Gasteiger partial charge in [0.25, 0.3) is 17.7 Å². The second kappa shape index (κ2) is 8.66. The molecule has 0 radical (unpaired) electrons. The fourth-order valence-electron chi connectivity index (χ4n) is 3.73. The number of carbonyl (C=O) groups excluding carboxylic acids is 3. The molecule has 2 aliphatic heterocycles. The summed E-state index contributed by atoms with van der Waals surface area (Å²) in [5.41, 5.74) is 2.07. The predicted molar refractivity (Wildman–Crippen MR) is 117 cm³/mol. The van der Waals surface area contributed by atoms with E-state index in [1.54, 1.807) is 66.7 Å². The van der Waals surface area contributed by atoms with Gasteiger partial charge in [-0.15, -0.1) is 0 Å². The number of nitrogens with one attached hydrogen (secondary N) is 1. The van der Waals surface area contributed by atoms with Crippen molar-refractivity contribution in [2.75, 3.05) is 19.9 Å². The Hall–Kier alpha value is -4.33. The van der Waals surface area contributed by atoms with Crippen molar-refractivity contribution in [3.63, 3.8) is 0 Å². The molecule has 0 aromatic heterocycles. The average Bonchev–Trinajstić information content (AvgIpc) is 3.41. The van der Waals surface area contributed by atoms with Crippen LogP contribution in [-0.4, -0.2) is 42.6 Å². The maximum absolute atomic E-state index is 12.5. The quantitative estimate of drug-likeness (QED) is 0.445. The smallest absolute Gasteiger partial charge is 0.261 e. The van der Waals surface area contributed by atoms with Crippen LogP contribution >= 0.6 is 0 Å². The van der Waals surface area contributed by atoms with E-state index in [0.717, 1.165) is 5.56 Å². The molecule has 0 saturated heterocycles. The van der Waals surface area contributed by atoms with Crippen molar-refractivity contribution < 1.29 is 28.6 Å². The molecule has 0 aliphatic carbocycles. The first-order valence-corrected chi connectivity index (χ1v) is 10.4. The molecule has 0 bridgehead atoms. The largest absolute Gasteiger partial charge is 0.492 e. The predicted octanol–water partition coefficient (Wildman–Crippen LogP) is 3.02. The number of hydrogen-bond donors (Lipinski definition) is 1. The maximum atomic E-state index is 12.5. The molecule has 3 amide bonds. The molecule has 166 valence electrons. The van der Waals surface area contributed by atoms with Gasteiger partial charge in [-0.25, -0.2) is 0 Å². The summed E-state index contributed by atoms with van der Waals surface area (Å²) in [6, 6.07) is 18.9. The highest BCUT2D eigenvalue weighted by atomic mass is 16.7. The molecule has 5 rings (SSSR count). The van der Waals surface area contributed by atoms with Crippen LogP contribution in [0.4, 0.5) is 0 Å². The molecule has 8 nitrogen and oxygen atoms in total. The number of imide groups is 1. The molecule has 8 heteroatoms. The van der Waals surface area contributed by atoms with Crippen LogP contribution in [0.2, 0.25) is 0 Å². The Morgan fingerprint density at radius 3 is 2.33 bits per heavy atom. The summed E-state index contributed by atoms with van der Waals surface area (Å²) in [4.78, 5) is 38.6. The van der Waals surface area contributed by atoms with Crippen LogP contribution in [0.25, 0.3) is 0 Å². The summed E-state index contributed by atoms with van der Waals surface area (Å²) in [5.74, 6) is 1.10. The topological polar surface area (TPSA) is 94.2 Å². The van der Waals surface area contributed by atoms with E-state index in [0.29, 0.717) is 47.1 Å². The fourth-order valence-corrected chi connectivity index (χ4v) is 3.73. The first-order valence-electron chi connectivity index (χ1n) is 10.4. The summed E-state index contributed by atoms with van der Waals surface area (Å²) in [6.45, 7) is 0.969. The molecule has 3 aromatic rings. The van der Waals surface area contributed by atoms with Crippen LogP contribution in [0.15, 0.2) is 66.7 Å². The summed E-state index contributed by atoms with van der Waals surface area (Å²) in [6.07, 6.45) is 0. The minimum absolute atomic E-state index is 0.150. The van der Waals surface area contributed by atoms with Gasteiger partial charge in [-0.3, -0.25) is 19.3 Å². The zero-order chi connectivity index (χ0) is 22.8. The molecular weight excluding hydrogens is 424 g/mol. The van der Waals surface area contributed by atoms with Crippen molar-refractivity contribution in [2.24, 2.45) is 0 Å². The van der Waals surface area contributed by atoms with E-state index in [4.69, 9.17) is 14.2 Å². The molecule has 0 unspecified atom stereocenters. The maximum Gasteiger partial charge on any atom is 0.261 e. The zero-order valence-corrected chi connectivity index (χ0v) is 17.6. The molecule has 33 heavy (non-hydrogen) atoms. The van der Waals surface area contributed by atoms with Crippen LogP contribution in [0.1, 0.15) is 36.6 Å². The zero-order valence-electron chi connectivity index (χ0n) is 17.6. The lowest BCUT2D eigenvalue weighted by Crippen LogP contribution is -2.29. The molecule has 3 aromatic carbocycles. The van der Waals surface area contributed by atoms with Crippen molar-refractivity contribution in [1.29, 1.82) is 0 Å². The molecule has 0 atom stereocenters. The Balaban J connectivity index is 1.12. The molecule has 0 fully saturated rings. The van der Waals surface area contributed by atoms with Crippen molar-refractivity contribution in [1.82, 2.24) is 10.2 Å². The molecule has 0 spiro atoms. The minimum atomic E-state index is -0.306. The third-order valence-electron chi connectivity index (χ3n) is 5.44. The van der Waals surface area contributed by atoms with Crippen LogP contribution in [0.5, 0.6) is 17.2 Å². The number of benzene rings is 3. The Bertz CT molecular complexity index is 1200. The summed E-state index contributed by atoms with van der Waals surface area (Å²) in [7, 11) is 0. The van der Waals surface area contributed by atoms with Gasteiger partial charge in [-0.1, -0.05) is 24.3 Å². The van der Waals surface area contributed by atoms with Crippen LogP contribution in [0, 0.1) is 0 Å². The lowest BCUT2D eigenvalue weighted by molar-refractivity contribution is 0.0641. The Morgan fingerprint density at radius 1 is 0.909 bits per heavy atom. The van der Waals surface area contributed by atoms with Crippen molar-refractivity contribution in [2.45, 2.75) is 6.54 Å². The Kier molecular flexibility index (Phi) is 5.40. The first kappa shape index (κ1) is 20.6. The van der Waals surface area contributed by atoms with E-state index in [1.807, 2.05) is 0 Å². The third kappa shape index (κ3) is 4.10. The Labute approximate surface area is 189 Å². The van der Waals surface area contributed by atoms with Gasteiger partial charge in [0.1, 0.15) is 12.4 Å². The number of ether oxygens (including phenoxy) is 3. The molecule has 0 saturated carbocycles. The standard InChI is InChI=1S/C25H20N2O6/c28-23(26-11-12-31-18-9-10-21-22(13-18)33-15-32-21)17-7-5-16(6-8-17)14-27-24(29)19-3-1-2-4-20(19)25(27)30/h1-10,13H,11-12,14-15H2,(H,26,28). The van der Waals surface area contributed by atoms with E-state index in [2.05, 4.69) is 5.32 Å². The molecule has 2 heterocycles. The summed E-state index contributed by atoms with van der Waals surface area (Å²) in [5, 5.41) is 2.80. The van der Waals surface area contributed by atoms with Gasteiger partial charge in [0.05, 0.1) is 24.2 Å².